The summed E-state index contributed by atoms with van der Waals surface area (Å²) >= 11 is 5.54. The summed E-state index contributed by atoms with van der Waals surface area (Å²) in [5.74, 6) is -0.260. The number of hydrogen-bond donors (Lipinski definition) is 1. The Morgan fingerprint density at radius 1 is 1.71 bits per heavy atom. The van der Waals surface area contributed by atoms with Crippen LogP contribution < -0.4 is 10.5 Å². The minimum absolute atomic E-state index is 0.0816. The Labute approximate surface area is 85.6 Å². The fourth-order valence-electron chi connectivity index (χ4n) is 0.805. The van der Waals surface area contributed by atoms with E-state index < -0.39 is 5.91 Å². The molecule has 0 aliphatic carbocycles. The Morgan fingerprint density at radius 3 is 3.00 bits per heavy atom. The van der Waals surface area contributed by atoms with Crippen LogP contribution in [0.1, 0.15) is 5.56 Å². The predicted molar refractivity (Wildman–Crippen MR) is 51.8 cm³/mol. The molecule has 1 aromatic rings. The first-order chi connectivity index (χ1) is 6.63. The van der Waals surface area contributed by atoms with Crippen molar-refractivity contribution in [2.45, 2.75) is 0 Å². The first-order valence-electron chi connectivity index (χ1n) is 3.67. The van der Waals surface area contributed by atoms with E-state index in [1.165, 1.54) is 25.5 Å². The molecule has 6 heteroatoms. The third-order valence-corrected chi connectivity index (χ3v) is 1.55. The van der Waals surface area contributed by atoms with Gasteiger partial charge in [-0.2, -0.15) is 4.98 Å². The molecule has 0 unspecified atom stereocenters. The number of aromatic nitrogens is 2. The van der Waals surface area contributed by atoms with Crippen LogP contribution >= 0.6 is 11.6 Å². The number of amides is 1. The van der Waals surface area contributed by atoms with E-state index in [1.54, 1.807) is 0 Å². The molecule has 0 spiro atoms. The van der Waals surface area contributed by atoms with Gasteiger partial charge in [-0.25, -0.2) is 4.98 Å². The van der Waals surface area contributed by atoms with Crippen molar-refractivity contribution in [1.82, 2.24) is 9.97 Å². The minimum Gasteiger partial charge on any atom is -0.480 e. The van der Waals surface area contributed by atoms with Gasteiger partial charge in [0.2, 0.25) is 17.1 Å². The van der Waals surface area contributed by atoms with E-state index in [0.29, 0.717) is 11.4 Å². The molecule has 5 nitrogen and oxygen atoms in total. The van der Waals surface area contributed by atoms with Crippen LogP contribution in [0, 0.1) is 0 Å². The molecule has 0 atom stereocenters. The van der Waals surface area contributed by atoms with Crippen molar-refractivity contribution in [3.8, 4) is 5.88 Å². The Kier molecular flexibility index (Phi) is 3.41. The molecule has 0 aliphatic rings. The fraction of sp³-hybridized carbons (Fsp3) is 0.125. The van der Waals surface area contributed by atoms with Gasteiger partial charge in [0.1, 0.15) is 0 Å². The van der Waals surface area contributed by atoms with Gasteiger partial charge in [-0.15, -0.1) is 0 Å². The maximum atomic E-state index is 10.5. The number of methoxy groups -OCH3 is 1. The smallest absolute Gasteiger partial charge is 0.241 e. The number of nitrogens with zero attached hydrogens (tertiary/aromatic N) is 2. The molecule has 74 valence electrons. The third kappa shape index (κ3) is 2.70. The monoisotopic (exact) mass is 213 g/mol. The van der Waals surface area contributed by atoms with Crippen LogP contribution in [0.5, 0.6) is 5.88 Å². The maximum absolute atomic E-state index is 10.5. The zero-order chi connectivity index (χ0) is 10.6. The molecule has 1 heterocycles. The molecule has 1 amide bonds. The summed E-state index contributed by atoms with van der Waals surface area (Å²) in [5.41, 5.74) is 5.47. The molecule has 0 fully saturated rings. The highest BCUT2D eigenvalue weighted by Crippen LogP contribution is 2.17. The third-order valence-electron chi connectivity index (χ3n) is 1.37. The van der Waals surface area contributed by atoms with Gasteiger partial charge in [-0.1, -0.05) is 0 Å². The summed E-state index contributed by atoms with van der Waals surface area (Å²) in [6.07, 6.45) is 4.08. The molecule has 0 saturated carbocycles. The molecule has 0 saturated heterocycles. The molecule has 2 N–H and O–H groups in total. The number of rotatable bonds is 3. The zero-order valence-corrected chi connectivity index (χ0v) is 8.15. The molecule has 0 aliphatic heterocycles. The summed E-state index contributed by atoms with van der Waals surface area (Å²) in [6, 6.07) is 0. The minimum atomic E-state index is -0.554. The highest BCUT2D eigenvalue weighted by Gasteiger charge is 2.03. The molecule has 0 aromatic carbocycles. The van der Waals surface area contributed by atoms with Crippen LogP contribution in [0.2, 0.25) is 5.28 Å². The molecule has 0 radical (unpaired) electrons. The first kappa shape index (κ1) is 10.5. The fourth-order valence-corrected chi connectivity index (χ4v) is 0.931. The van der Waals surface area contributed by atoms with Crippen molar-refractivity contribution in [1.29, 1.82) is 0 Å². The van der Waals surface area contributed by atoms with Crippen LogP contribution in [-0.4, -0.2) is 23.0 Å². The van der Waals surface area contributed by atoms with Crippen LogP contribution in [-0.2, 0) is 4.79 Å². The van der Waals surface area contributed by atoms with Gasteiger partial charge < -0.3 is 10.5 Å². The van der Waals surface area contributed by atoms with Gasteiger partial charge in [0.25, 0.3) is 0 Å². The predicted octanol–water partition coefficient (Wildman–Crippen LogP) is 0.637. The lowest BCUT2D eigenvalue weighted by atomic mass is 10.3. The average molecular weight is 214 g/mol. The van der Waals surface area contributed by atoms with Crippen molar-refractivity contribution in [3.05, 3.63) is 23.1 Å². The van der Waals surface area contributed by atoms with Crippen molar-refractivity contribution >= 4 is 23.6 Å². The Balaban J connectivity index is 3.02. The second-order valence-electron chi connectivity index (χ2n) is 2.34. The van der Waals surface area contributed by atoms with Gasteiger partial charge in [-0.05, 0) is 17.7 Å². The van der Waals surface area contributed by atoms with Gasteiger partial charge in [0, 0.05) is 12.3 Å². The number of primary amides is 1. The van der Waals surface area contributed by atoms with E-state index >= 15 is 0 Å². The molecule has 14 heavy (non-hydrogen) atoms. The lowest BCUT2D eigenvalue weighted by Crippen LogP contribution is -2.05. The number of hydrogen-bond acceptors (Lipinski definition) is 4. The lowest BCUT2D eigenvalue weighted by Gasteiger charge is -2.01. The Morgan fingerprint density at radius 2 is 2.43 bits per heavy atom. The first-order valence-corrected chi connectivity index (χ1v) is 4.05. The largest absolute Gasteiger partial charge is 0.480 e. The highest BCUT2D eigenvalue weighted by atomic mass is 35.5. The number of halogens is 1. The van der Waals surface area contributed by atoms with Gasteiger partial charge >= 0.3 is 0 Å². The van der Waals surface area contributed by atoms with Crippen LogP contribution in [0.25, 0.3) is 6.08 Å². The summed E-state index contributed by atoms with van der Waals surface area (Å²) in [4.78, 5) is 18.0. The lowest BCUT2D eigenvalue weighted by molar-refractivity contribution is -0.113. The Bertz CT molecular complexity index is 379. The van der Waals surface area contributed by atoms with Crippen molar-refractivity contribution < 1.29 is 9.53 Å². The van der Waals surface area contributed by atoms with Crippen LogP contribution in [0.3, 0.4) is 0 Å². The van der Waals surface area contributed by atoms with Gasteiger partial charge in [0.05, 0.1) is 12.7 Å². The van der Waals surface area contributed by atoms with E-state index in [9.17, 15) is 4.79 Å². The van der Waals surface area contributed by atoms with Crippen LogP contribution in [0.4, 0.5) is 0 Å². The quantitative estimate of drug-likeness (QED) is 0.590. The maximum Gasteiger partial charge on any atom is 0.241 e. The summed E-state index contributed by atoms with van der Waals surface area (Å²) in [7, 11) is 1.44. The highest BCUT2D eigenvalue weighted by molar-refractivity contribution is 6.28. The Hall–Kier alpha value is -1.62. The normalized spacial score (nSPS) is 10.4. The standard InChI is InChI=1S/C8H8ClN3O2/c1-14-7-5(2-3-6(10)13)4-11-8(9)12-7/h2-4H,1H3,(H2,10,13). The zero-order valence-electron chi connectivity index (χ0n) is 7.40. The van der Waals surface area contributed by atoms with Crippen LogP contribution in [0.15, 0.2) is 12.3 Å². The topological polar surface area (TPSA) is 78.1 Å². The summed E-state index contributed by atoms with van der Waals surface area (Å²) in [6.45, 7) is 0. The second-order valence-corrected chi connectivity index (χ2v) is 2.68. The van der Waals surface area contributed by atoms with Gasteiger partial charge in [-0.3, -0.25) is 4.79 Å². The molecular formula is C8H8ClN3O2. The van der Waals surface area contributed by atoms with Crippen molar-refractivity contribution in [2.75, 3.05) is 7.11 Å². The molecule has 0 bridgehead atoms. The van der Waals surface area contributed by atoms with Gasteiger partial charge in [0.15, 0.2) is 0 Å². The number of ether oxygens (including phenoxy) is 1. The van der Waals surface area contributed by atoms with E-state index in [2.05, 4.69) is 9.97 Å². The molecule has 1 rings (SSSR count). The van der Waals surface area contributed by atoms with Crippen molar-refractivity contribution in [2.24, 2.45) is 5.73 Å². The second kappa shape index (κ2) is 4.57. The van der Waals surface area contributed by atoms with E-state index in [-0.39, 0.29) is 5.28 Å². The van der Waals surface area contributed by atoms with Crippen molar-refractivity contribution in [3.63, 3.8) is 0 Å². The average Bonchev–Trinajstić information content (AvgIpc) is 2.15. The number of nitrogens with two attached hydrogens (primary N) is 1. The molecular weight excluding hydrogens is 206 g/mol. The van der Waals surface area contributed by atoms with E-state index in [0.717, 1.165) is 0 Å². The number of carbonyl (C=O) groups is 1. The summed E-state index contributed by atoms with van der Waals surface area (Å²) in [5, 5.41) is 0.0816. The molecule has 1 aromatic heterocycles. The van der Waals surface area contributed by atoms with E-state index in [4.69, 9.17) is 22.1 Å². The summed E-state index contributed by atoms with van der Waals surface area (Å²) < 4.78 is 4.92. The van der Waals surface area contributed by atoms with E-state index in [1.807, 2.05) is 0 Å². The SMILES string of the molecule is COc1nc(Cl)ncc1C=CC(N)=O. The number of carbonyl (C=O) groups excluding carboxylic acids is 1.